The first-order valence-electron chi connectivity index (χ1n) is 8.68. The second-order valence-electron chi connectivity index (χ2n) is 6.40. The second kappa shape index (κ2) is 6.71. The van der Waals surface area contributed by atoms with E-state index >= 15 is 0 Å². The molecule has 134 valence electrons. The van der Waals surface area contributed by atoms with Gasteiger partial charge in [0.15, 0.2) is 0 Å². The van der Waals surface area contributed by atoms with Crippen molar-refractivity contribution in [2.24, 2.45) is 0 Å². The first-order valence-corrected chi connectivity index (χ1v) is 8.68. The first-order chi connectivity index (χ1) is 12.7. The van der Waals surface area contributed by atoms with Crippen LogP contribution in [0.25, 0.3) is 10.9 Å². The standard InChI is InChI=1S/C20H21N3O3/c1-25-14-8-9-15(18(11-14)26-2)17-7-4-10-23(17)20(24)16-6-3-5-13-12-21-22-19(13)16/h3,5-6,8-9,11-12,17H,4,7,10H2,1-2H3,(H,21,22). The monoisotopic (exact) mass is 351 g/mol. The number of methoxy groups -OCH3 is 2. The summed E-state index contributed by atoms with van der Waals surface area (Å²) in [6.45, 7) is 0.725. The molecule has 2 aromatic carbocycles. The smallest absolute Gasteiger partial charge is 0.256 e. The molecule has 1 amide bonds. The predicted molar refractivity (Wildman–Crippen MR) is 98.7 cm³/mol. The van der Waals surface area contributed by atoms with Crippen LogP contribution in [-0.4, -0.2) is 41.8 Å². The average Bonchev–Trinajstić information content (AvgIpc) is 3.35. The number of para-hydroxylation sites is 1. The van der Waals surface area contributed by atoms with Gasteiger partial charge in [-0.1, -0.05) is 12.1 Å². The molecule has 4 rings (SSSR count). The second-order valence-corrected chi connectivity index (χ2v) is 6.40. The number of likely N-dealkylation sites (tertiary alicyclic amines) is 1. The van der Waals surface area contributed by atoms with Gasteiger partial charge in [-0.15, -0.1) is 0 Å². The fourth-order valence-electron chi connectivity index (χ4n) is 3.73. The van der Waals surface area contributed by atoms with Crippen molar-refractivity contribution < 1.29 is 14.3 Å². The normalized spacial score (nSPS) is 16.8. The minimum atomic E-state index is -0.0125. The van der Waals surface area contributed by atoms with Crippen LogP contribution in [0.3, 0.4) is 0 Å². The number of nitrogens with zero attached hydrogens (tertiary/aromatic N) is 2. The minimum absolute atomic E-state index is 0.0125. The SMILES string of the molecule is COc1ccc(C2CCCN2C(=O)c2cccc3cn[nH]c23)c(OC)c1. The molecule has 2 heterocycles. The number of carbonyl (C=O) groups is 1. The van der Waals surface area contributed by atoms with Gasteiger partial charge < -0.3 is 14.4 Å². The molecule has 1 aromatic heterocycles. The Morgan fingerprint density at radius 2 is 2.12 bits per heavy atom. The zero-order valence-corrected chi connectivity index (χ0v) is 14.9. The molecule has 1 N–H and O–H groups in total. The van der Waals surface area contributed by atoms with Gasteiger partial charge in [-0.3, -0.25) is 9.89 Å². The summed E-state index contributed by atoms with van der Waals surface area (Å²) >= 11 is 0. The van der Waals surface area contributed by atoms with Crippen molar-refractivity contribution >= 4 is 16.8 Å². The van der Waals surface area contributed by atoms with Crippen molar-refractivity contribution in [1.82, 2.24) is 15.1 Å². The molecule has 0 aliphatic carbocycles. The summed E-state index contributed by atoms with van der Waals surface area (Å²) in [6.07, 6.45) is 3.61. The molecule has 1 aliphatic heterocycles. The highest BCUT2D eigenvalue weighted by Crippen LogP contribution is 2.39. The van der Waals surface area contributed by atoms with Gasteiger partial charge >= 0.3 is 0 Å². The molecule has 1 fully saturated rings. The highest BCUT2D eigenvalue weighted by molar-refractivity contribution is 6.05. The van der Waals surface area contributed by atoms with E-state index in [-0.39, 0.29) is 11.9 Å². The lowest BCUT2D eigenvalue weighted by atomic mass is 10.0. The van der Waals surface area contributed by atoms with Gasteiger partial charge in [0.05, 0.1) is 37.5 Å². The highest BCUT2D eigenvalue weighted by atomic mass is 16.5. The number of hydrogen-bond donors (Lipinski definition) is 1. The van der Waals surface area contributed by atoms with Crippen LogP contribution in [0.2, 0.25) is 0 Å². The van der Waals surface area contributed by atoms with E-state index in [0.29, 0.717) is 5.56 Å². The van der Waals surface area contributed by atoms with Crippen molar-refractivity contribution in [1.29, 1.82) is 0 Å². The number of nitrogens with one attached hydrogen (secondary N) is 1. The van der Waals surface area contributed by atoms with Crippen LogP contribution in [0, 0.1) is 0 Å². The fraction of sp³-hybridized carbons (Fsp3) is 0.300. The number of rotatable bonds is 4. The molecule has 1 unspecified atom stereocenters. The molecular weight excluding hydrogens is 330 g/mol. The van der Waals surface area contributed by atoms with Crippen LogP contribution < -0.4 is 9.47 Å². The molecular formula is C20H21N3O3. The van der Waals surface area contributed by atoms with Gasteiger partial charge in [-0.25, -0.2) is 0 Å². The Balaban J connectivity index is 1.71. The summed E-state index contributed by atoms with van der Waals surface area (Å²) in [5, 5.41) is 7.95. The molecule has 0 bridgehead atoms. The Morgan fingerprint density at radius 3 is 2.92 bits per heavy atom. The van der Waals surface area contributed by atoms with E-state index in [1.54, 1.807) is 20.4 Å². The van der Waals surface area contributed by atoms with Crippen LogP contribution in [0.15, 0.2) is 42.6 Å². The lowest BCUT2D eigenvalue weighted by Crippen LogP contribution is -2.31. The van der Waals surface area contributed by atoms with E-state index < -0.39 is 0 Å². The van der Waals surface area contributed by atoms with Gasteiger partial charge in [0.2, 0.25) is 0 Å². The third-order valence-corrected chi connectivity index (χ3v) is 5.02. The fourth-order valence-corrected chi connectivity index (χ4v) is 3.73. The molecule has 0 spiro atoms. The number of aromatic amines is 1. The zero-order valence-electron chi connectivity index (χ0n) is 14.9. The lowest BCUT2D eigenvalue weighted by Gasteiger charge is -2.27. The number of amides is 1. The largest absolute Gasteiger partial charge is 0.497 e. The van der Waals surface area contributed by atoms with E-state index in [0.717, 1.165) is 47.4 Å². The third-order valence-electron chi connectivity index (χ3n) is 5.02. The van der Waals surface area contributed by atoms with Crippen LogP contribution in [0.4, 0.5) is 0 Å². The summed E-state index contributed by atoms with van der Waals surface area (Å²) in [6, 6.07) is 11.4. The topological polar surface area (TPSA) is 67.5 Å². The molecule has 1 atom stereocenters. The number of fused-ring (bicyclic) bond motifs is 1. The molecule has 1 saturated heterocycles. The summed E-state index contributed by atoms with van der Waals surface area (Å²) in [5.41, 5.74) is 2.44. The van der Waals surface area contributed by atoms with Crippen LogP contribution in [0.5, 0.6) is 11.5 Å². The highest BCUT2D eigenvalue weighted by Gasteiger charge is 2.33. The van der Waals surface area contributed by atoms with E-state index in [4.69, 9.17) is 9.47 Å². The van der Waals surface area contributed by atoms with Crippen molar-refractivity contribution in [3.8, 4) is 11.5 Å². The summed E-state index contributed by atoms with van der Waals surface area (Å²) < 4.78 is 10.8. The number of carbonyl (C=O) groups excluding carboxylic acids is 1. The van der Waals surface area contributed by atoms with Gasteiger partial charge in [0.1, 0.15) is 11.5 Å². The van der Waals surface area contributed by atoms with Crippen LogP contribution in [-0.2, 0) is 0 Å². The van der Waals surface area contributed by atoms with Gasteiger partial charge in [0.25, 0.3) is 5.91 Å². The number of hydrogen-bond acceptors (Lipinski definition) is 4. The van der Waals surface area contributed by atoms with E-state index in [1.807, 2.05) is 41.3 Å². The molecule has 0 radical (unpaired) electrons. The van der Waals surface area contributed by atoms with Gasteiger partial charge in [-0.05, 0) is 31.0 Å². The summed E-state index contributed by atoms with van der Waals surface area (Å²) in [5.74, 6) is 1.50. The Morgan fingerprint density at radius 1 is 1.23 bits per heavy atom. The lowest BCUT2D eigenvalue weighted by molar-refractivity contribution is 0.0736. The van der Waals surface area contributed by atoms with Gasteiger partial charge in [0, 0.05) is 23.6 Å². The van der Waals surface area contributed by atoms with Crippen molar-refractivity contribution in [3.63, 3.8) is 0 Å². The average molecular weight is 351 g/mol. The molecule has 6 nitrogen and oxygen atoms in total. The zero-order chi connectivity index (χ0) is 18.1. The van der Waals surface area contributed by atoms with E-state index in [2.05, 4.69) is 10.2 Å². The Bertz CT molecular complexity index is 950. The maximum Gasteiger partial charge on any atom is 0.256 e. The molecule has 6 heteroatoms. The Hall–Kier alpha value is -3.02. The molecule has 3 aromatic rings. The maximum absolute atomic E-state index is 13.3. The molecule has 0 saturated carbocycles. The number of benzene rings is 2. The van der Waals surface area contributed by atoms with E-state index in [1.165, 1.54) is 0 Å². The number of aromatic nitrogens is 2. The summed E-state index contributed by atoms with van der Waals surface area (Å²) in [7, 11) is 3.27. The minimum Gasteiger partial charge on any atom is -0.497 e. The van der Waals surface area contributed by atoms with Crippen molar-refractivity contribution in [3.05, 3.63) is 53.7 Å². The summed E-state index contributed by atoms with van der Waals surface area (Å²) in [4.78, 5) is 15.2. The Labute approximate surface area is 151 Å². The van der Waals surface area contributed by atoms with E-state index in [9.17, 15) is 4.79 Å². The number of ether oxygens (including phenoxy) is 2. The quantitative estimate of drug-likeness (QED) is 0.780. The molecule has 1 aliphatic rings. The Kier molecular flexibility index (Phi) is 4.24. The molecule has 26 heavy (non-hydrogen) atoms. The third kappa shape index (κ3) is 2.67. The maximum atomic E-state index is 13.3. The van der Waals surface area contributed by atoms with Crippen molar-refractivity contribution in [2.45, 2.75) is 18.9 Å². The predicted octanol–water partition coefficient (Wildman–Crippen LogP) is 3.56. The number of H-pyrrole nitrogens is 1. The first kappa shape index (κ1) is 16.4. The van der Waals surface area contributed by atoms with Crippen molar-refractivity contribution in [2.75, 3.05) is 20.8 Å². The van der Waals surface area contributed by atoms with Crippen LogP contribution >= 0.6 is 0 Å². The van der Waals surface area contributed by atoms with Crippen LogP contribution in [0.1, 0.15) is 34.8 Å². The van der Waals surface area contributed by atoms with Gasteiger partial charge in [-0.2, -0.15) is 5.10 Å².